The van der Waals surface area contributed by atoms with Crippen molar-refractivity contribution in [2.45, 2.75) is 19.4 Å². The average molecular weight is 162 g/mol. The van der Waals surface area contributed by atoms with Crippen molar-refractivity contribution in [1.29, 1.82) is 0 Å². The lowest BCUT2D eigenvalue weighted by Gasteiger charge is -2.10. The van der Waals surface area contributed by atoms with E-state index in [1.807, 2.05) is 6.92 Å². The van der Waals surface area contributed by atoms with Gasteiger partial charge in [-0.15, -0.1) is 0 Å². The molecule has 0 aliphatic rings. The fourth-order valence-corrected chi connectivity index (χ4v) is 0.771. The van der Waals surface area contributed by atoms with Crippen LogP contribution in [0, 0.1) is 0 Å². The van der Waals surface area contributed by atoms with E-state index in [-0.39, 0.29) is 6.10 Å². The second-order valence-corrected chi connectivity index (χ2v) is 2.48. The molecule has 0 heterocycles. The molecule has 68 valence electrons. The zero-order chi connectivity index (χ0) is 8.53. The second kappa shape index (κ2) is 7.98. The third kappa shape index (κ3) is 7.78. The second-order valence-electron chi connectivity index (χ2n) is 2.48. The van der Waals surface area contributed by atoms with Crippen molar-refractivity contribution < 1.29 is 14.2 Å². The summed E-state index contributed by atoms with van der Waals surface area (Å²) in [5.41, 5.74) is 0. The predicted octanol–water partition coefficient (Wildman–Crippen LogP) is 1.07. The van der Waals surface area contributed by atoms with Gasteiger partial charge in [0.2, 0.25) is 0 Å². The fraction of sp³-hybridized carbons (Fsp3) is 1.00. The van der Waals surface area contributed by atoms with Gasteiger partial charge in [0.25, 0.3) is 0 Å². The zero-order valence-electron chi connectivity index (χ0n) is 7.63. The van der Waals surface area contributed by atoms with Crippen LogP contribution < -0.4 is 0 Å². The standard InChI is InChI=1S/C8H18O3/c1-8(7-10-3)11-6-4-5-9-2/h8H,4-7H2,1-3H3. The van der Waals surface area contributed by atoms with Gasteiger partial charge in [0.1, 0.15) is 0 Å². The van der Waals surface area contributed by atoms with Crippen LogP contribution in [0.1, 0.15) is 13.3 Å². The molecule has 0 amide bonds. The maximum absolute atomic E-state index is 5.38. The molecule has 0 aromatic carbocycles. The van der Waals surface area contributed by atoms with E-state index >= 15 is 0 Å². The summed E-state index contributed by atoms with van der Waals surface area (Å²) in [6.45, 7) is 4.17. The Morgan fingerprint density at radius 2 is 1.82 bits per heavy atom. The maximum Gasteiger partial charge on any atom is 0.0780 e. The molecule has 0 saturated heterocycles. The van der Waals surface area contributed by atoms with E-state index in [0.29, 0.717) is 6.61 Å². The summed E-state index contributed by atoms with van der Waals surface area (Å²) in [5.74, 6) is 0. The molecule has 0 N–H and O–H groups in total. The first-order chi connectivity index (χ1) is 5.31. The fourth-order valence-electron chi connectivity index (χ4n) is 0.771. The van der Waals surface area contributed by atoms with Gasteiger partial charge in [-0.3, -0.25) is 0 Å². The van der Waals surface area contributed by atoms with Gasteiger partial charge >= 0.3 is 0 Å². The molecular formula is C8H18O3. The quantitative estimate of drug-likeness (QED) is 0.524. The summed E-state index contributed by atoms with van der Waals surface area (Å²) < 4.78 is 15.2. The lowest BCUT2D eigenvalue weighted by atomic mass is 10.4. The third-order valence-corrected chi connectivity index (χ3v) is 1.30. The molecule has 0 aromatic rings. The van der Waals surface area contributed by atoms with Crippen molar-refractivity contribution in [2.24, 2.45) is 0 Å². The van der Waals surface area contributed by atoms with Gasteiger partial charge in [-0.25, -0.2) is 0 Å². The van der Waals surface area contributed by atoms with Crippen molar-refractivity contribution in [2.75, 3.05) is 34.0 Å². The highest BCUT2D eigenvalue weighted by Gasteiger charge is 1.99. The molecule has 0 bridgehead atoms. The Bertz CT molecular complexity index is 75.7. The van der Waals surface area contributed by atoms with Crippen LogP contribution in [0.25, 0.3) is 0 Å². The minimum absolute atomic E-state index is 0.192. The summed E-state index contributed by atoms with van der Waals surface area (Å²) >= 11 is 0. The highest BCUT2D eigenvalue weighted by Crippen LogP contribution is 1.92. The molecule has 0 fully saturated rings. The van der Waals surface area contributed by atoms with Gasteiger partial charge in [0.15, 0.2) is 0 Å². The van der Waals surface area contributed by atoms with E-state index in [2.05, 4.69) is 0 Å². The topological polar surface area (TPSA) is 27.7 Å². The normalized spacial score (nSPS) is 13.4. The Hall–Kier alpha value is -0.120. The first-order valence-corrected chi connectivity index (χ1v) is 3.90. The van der Waals surface area contributed by atoms with Crippen molar-refractivity contribution in [3.05, 3.63) is 0 Å². The van der Waals surface area contributed by atoms with E-state index in [4.69, 9.17) is 14.2 Å². The predicted molar refractivity (Wildman–Crippen MR) is 43.8 cm³/mol. The molecule has 0 saturated carbocycles. The van der Waals surface area contributed by atoms with E-state index in [1.54, 1.807) is 14.2 Å². The third-order valence-electron chi connectivity index (χ3n) is 1.30. The van der Waals surface area contributed by atoms with E-state index in [0.717, 1.165) is 19.6 Å². The van der Waals surface area contributed by atoms with Crippen LogP contribution in [0.5, 0.6) is 0 Å². The van der Waals surface area contributed by atoms with Gasteiger partial charge in [-0.2, -0.15) is 0 Å². The van der Waals surface area contributed by atoms with Gasteiger partial charge in [0.05, 0.1) is 12.7 Å². The van der Waals surface area contributed by atoms with Crippen molar-refractivity contribution in [1.82, 2.24) is 0 Å². The van der Waals surface area contributed by atoms with Crippen LogP contribution >= 0.6 is 0 Å². The highest BCUT2D eigenvalue weighted by molar-refractivity contribution is 4.45. The zero-order valence-corrected chi connectivity index (χ0v) is 7.63. The minimum Gasteiger partial charge on any atom is -0.385 e. The van der Waals surface area contributed by atoms with Crippen LogP contribution in [0.3, 0.4) is 0 Å². The number of hydrogen-bond acceptors (Lipinski definition) is 3. The largest absolute Gasteiger partial charge is 0.385 e. The average Bonchev–Trinajstić information content (AvgIpc) is 1.99. The lowest BCUT2D eigenvalue weighted by Crippen LogP contribution is -2.15. The van der Waals surface area contributed by atoms with Crippen molar-refractivity contribution in [3.8, 4) is 0 Å². The molecule has 0 aliphatic heterocycles. The highest BCUT2D eigenvalue weighted by atomic mass is 16.5. The van der Waals surface area contributed by atoms with Crippen LogP contribution in [0.15, 0.2) is 0 Å². The Morgan fingerprint density at radius 3 is 2.36 bits per heavy atom. The van der Waals surface area contributed by atoms with Crippen molar-refractivity contribution in [3.63, 3.8) is 0 Å². The molecule has 1 unspecified atom stereocenters. The molecule has 11 heavy (non-hydrogen) atoms. The molecule has 0 aliphatic carbocycles. The Kier molecular flexibility index (Phi) is 7.89. The molecule has 3 nitrogen and oxygen atoms in total. The van der Waals surface area contributed by atoms with Gasteiger partial charge < -0.3 is 14.2 Å². The number of rotatable bonds is 7. The minimum atomic E-state index is 0.192. The van der Waals surface area contributed by atoms with Crippen LogP contribution in [-0.4, -0.2) is 40.1 Å². The monoisotopic (exact) mass is 162 g/mol. The summed E-state index contributed by atoms with van der Waals surface area (Å²) in [6, 6.07) is 0. The summed E-state index contributed by atoms with van der Waals surface area (Å²) in [7, 11) is 3.37. The number of hydrogen-bond donors (Lipinski definition) is 0. The van der Waals surface area contributed by atoms with Gasteiger partial charge in [-0.05, 0) is 13.3 Å². The number of ether oxygens (including phenoxy) is 3. The van der Waals surface area contributed by atoms with E-state index in [1.165, 1.54) is 0 Å². The summed E-state index contributed by atoms with van der Waals surface area (Å²) in [4.78, 5) is 0. The molecule has 0 rings (SSSR count). The van der Waals surface area contributed by atoms with Crippen LogP contribution in [0.2, 0.25) is 0 Å². The van der Waals surface area contributed by atoms with E-state index < -0.39 is 0 Å². The van der Waals surface area contributed by atoms with Crippen LogP contribution in [-0.2, 0) is 14.2 Å². The summed E-state index contributed by atoms with van der Waals surface area (Å²) in [6.07, 6.45) is 1.14. The Labute approximate surface area is 68.6 Å². The smallest absolute Gasteiger partial charge is 0.0780 e. The van der Waals surface area contributed by atoms with Gasteiger partial charge in [0, 0.05) is 27.4 Å². The Morgan fingerprint density at radius 1 is 1.09 bits per heavy atom. The molecule has 0 spiro atoms. The van der Waals surface area contributed by atoms with E-state index in [9.17, 15) is 0 Å². The first kappa shape index (κ1) is 10.9. The molecular weight excluding hydrogens is 144 g/mol. The molecule has 3 heteroatoms. The molecule has 0 radical (unpaired) electrons. The Balaban J connectivity index is 2.97. The summed E-state index contributed by atoms with van der Waals surface area (Å²) in [5, 5.41) is 0. The molecule has 1 atom stereocenters. The first-order valence-electron chi connectivity index (χ1n) is 3.90. The lowest BCUT2D eigenvalue weighted by molar-refractivity contribution is 0.00210. The molecule has 0 aromatic heterocycles. The number of methoxy groups -OCH3 is 2. The van der Waals surface area contributed by atoms with Crippen molar-refractivity contribution >= 4 is 0 Å². The SMILES string of the molecule is COCCCOC(C)COC. The van der Waals surface area contributed by atoms with Crippen LogP contribution in [0.4, 0.5) is 0 Å². The van der Waals surface area contributed by atoms with Gasteiger partial charge in [-0.1, -0.05) is 0 Å². The maximum atomic E-state index is 5.38.